The maximum absolute atomic E-state index is 13.1. The van der Waals surface area contributed by atoms with Crippen molar-refractivity contribution in [3.63, 3.8) is 0 Å². The van der Waals surface area contributed by atoms with E-state index in [4.69, 9.17) is 11.6 Å². The van der Waals surface area contributed by atoms with E-state index < -0.39 is 17.7 Å². The molecule has 0 fully saturated rings. The van der Waals surface area contributed by atoms with Crippen molar-refractivity contribution in [3.8, 4) is 0 Å². The van der Waals surface area contributed by atoms with E-state index in [1.54, 1.807) is 14.0 Å². The van der Waals surface area contributed by atoms with Gasteiger partial charge in [0.15, 0.2) is 11.6 Å². The smallest absolute Gasteiger partial charge is 0.159 e. The number of aromatic nitrogens is 2. The molecule has 19 heavy (non-hydrogen) atoms. The first-order valence-corrected chi connectivity index (χ1v) is 6.09. The van der Waals surface area contributed by atoms with Gasteiger partial charge in [-0.15, -0.1) is 0 Å². The van der Waals surface area contributed by atoms with Gasteiger partial charge in [-0.3, -0.25) is 4.68 Å². The number of aliphatic hydroxyl groups is 1. The summed E-state index contributed by atoms with van der Waals surface area (Å²) >= 11 is 6.06. The zero-order valence-electron chi connectivity index (χ0n) is 10.5. The largest absolute Gasteiger partial charge is 0.388 e. The van der Waals surface area contributed by atoms with Crippen molar-refractivity contribution in [2.75, 3.05) is 0 Å². The fourth-order valence-electron chi connectivity index (χ4n) is 1.94. The molecule has 0 saturated carbocycles. The average Bonchev–Trinajstić information content (AvgIpc) is 2.59. The molecule has 2 aromatic rings. The van der Waals surface area contributed by atoms with Crippen molar-refractivity contribution in [1.82, 2.24) is 9.78 Å². The summed E-state index contributed by atoms with van der Waals surface area (Å²) in [7, 11) is 1.70. The monoisotopic (exact) mass is 286 g/mol. The van der Waals surface area contributed by atoms with Gasteiger partial charge >= 0.3 is 0 Å². The number of halogens is 3. The Morgan fingerprint density at radius 2 is 2.05 bits per heavy atom. The molecule has 0 saturated heterocycles. The van der Waals surface area contributed by atoms with Crippen LogP contribution < -0.4 is 0 Å². The van der Waals surface area contributed by atoms with Gasteiger partial charge in [-0.05, 0) is 24.6 Å². The molecule has 3 nitrogen and oxygen atoms in total. The first kappa shape index (κ1) is 14.0. The molecule has 0 spiro atoms. The molecule has 2 rings (SSSR count). The minimum atomic E-state index is -0.981. The van der Waals surface area contributed by atoms with Crippen LogP contribution in [0.3, 0.4) is 0 Å². The first-order chi connectivity index (χ1) is 8.90. The van der Waals surface area contributed by atoms with Gasteiger partial charge in [-0.25, -0.2) is 8.78 Å². The lowest BCUT2D eigenvalue weighted by molar-refractivity contribution is 0.177. The zero-order chi connectivity index (χ0) is 14.2. The Balaban J connectivity index is 2.25. The van der Waals surface area contributed by atoms with E-state index in [0.717, 1.165) is 12.1 Å². The van der Waals surface area contributed by atoms with Crippen LogP contribution in [0.2, 0.25) is 5.15 Å². The summed E-state index contributed by atoms with van der Waals surface area (Å²) in [6.07, 6.45) is -0.765. The first-order valence-electron chi connectivity index (χ1n) is 5.71. The van der Waals surface area contributed by atoms with Gasteiger partial charge in [0, 0.05) is 19.0 Å². The summed E-state index contributed by atoms with van der Waals surface area (Å²) in [5, 5.41) is 14.6. The second kappa shape index (κ2) is 5.27. The highest BCUT2D eigenvalue weighted by Crippen LogP contribution is 2.26. The van der Waals surface area contributed by atoms with Gasteiger partial charge in [-0.1, -0.05) is 17.7 Å². The molecule has 0 bridgehead atoms. The Bertz CT molecular complexity index is 613. The molecule has 0 aliphatic heterocycles. The maximum Gasteiger partial charge on any atom is 0.159 e. The van der Waals surface area contributed by atoms with Gasteiger partial charge in [-0.2, -0.15) is 5.10 Å². The van der Waals surface area contributed by atoms with Crippen LogP contribution in [0.1, 0.15) is 22.9 Å². The van der Waals surface area contributed by atoms with Gasteiger partial charge in [0.1, 0.15) is 5.15 Å². The fraction of sp³-hybridized carbons (Fsp3) is 0.308. The number of nitrogens with zero attached hydrogens (tertiary/aromatic N) is 2. The lowest BCUT2D eigenvalue weighted by Crippen LogP contribution is -2.04. The van der Waals surface area contributed by atoms with Gasteiger partial charge < -0.3 is 5.11 Å². The fourth-order valence-corrected chi connectivity index (χ4v) is 2.19. The maximum atomic E-state index is 13.1. The summed E-state index contributed by atoms with van der Waals surface area (Å²) in [4.78, 5) is 0. The molecular weight excluding hydrogens is 274 g/mol. The summed E-state index contributed by atoms with van der Waals surface area (Å²) in [6.45, 7) is 1.78. The van der Waals surface area contributed by atoms with E-state index in [1.165, 1.54) is 10.7 Å². The van der Waals surface area contributed by atoms with Crippen LogP contribution in [0.15, 0.2) is 18.2 Å². The number of aliphatic hydroxyl groups excluding tert-OH is 1. The third kappa shape index (κ3) is 2.77. The van der Waals surface area contributed by atoms with Gasteiger partial charge in [0.05, 0.1) is 11.8 Å². The normalized spacial score (nSPS) is 12.7. The summed E-state index contributed by atoms with van der Waals surface area (Å²) in [5.74, 6) is -1.92. The van der Waals surface area contributed by atoms with Crippen molar-refractivity contribution in [3.05, 3.63) is 51.8 Å². The topological polar surface area (TPSA) is 38.0 Å². The number of aryl methyl sites for hydroxylation is 2. The predicted octanol–water partition coefficient (Wildman–Crippen LogP) is 2.94. The summed E-state index contributed by atoms with van der Waals surface area (Å²) < 4.78 is 27.4. The van der Waals surface area contributed by atoms with Crippen molar-refractivity contribution in [2.45, 2.75) is 19.4 Å². The average molecular weight is 287 g/mol. The third-order valence-corrected chi connectivity index (χ3v) is 3.47. The Morgan fingerprint density at radius 3 is 2.58 bits per heavy atom. The Labute approximate surface area is 114 Å². The van der Waals surface area contributed by atoms with Crippen LogP contribution >= 0.6 is 11.6 Å². The van der Waals surface area contributed by atoms with Crippen molar-refractivity contribution in [2.24, 2.45) is 7.05 Å². The summed E-state index contributed by atoms with van der Waals surface area (Å²) in [5.41, 5.74) is 1.70. The quantitative estimate of drug-likeness (QED) is 0.942. The lowest BCUT2D eigenvalue weighted by Gasteiger charge is -2.11. The molecule has 1 heterocycles. The molecule has 0 amide bonds. The van der Waals surface area contributed by atoms with Crippen LogP contribution in [0.25, 0.3) is 0 Å². The molecular formula is C13H13ClF2N2O. The molecule has 0 radical (unpaired) electrons. The van der Waals surface area contributed by atoms with E-state index >= 15 is 0 Å². The van der Waals surface area contributed by atoms with Crippen LogP contribution in [0, 0.1) is 18.6 Å². The molecule has 1 atom stereocenters. The van der Waals surface area contributed by atoms with E-state index in [9.17, 15) is 13.9 Å². The summed E-state index contributed by atoms with van der Waals surface area (Å²) in [6, 6.07) is 3.33. The molecule has 0 aliphatic rings. The molecule has 102 valence electrons. The molecule has 1 N–H and O–H groups in total. The number of rotatable bonds is 3. The highest BCUT2D eigenvalue weighted by Gasteiger charge is 2.17. The van der Waals surface area contributed by atoms with E-state index in [2.05, 4.69) is 5.10 Å². The highest BCUT2D eigenvalue weighted by molar-refractivity contribution is 6.30. The minimum Gasteiger partial charge on any atom is -0.388 e. The van der Waals surface area contributed by atoms with Crippen LogP contribution in [-0.4, -0.2) is 14.9 Å². The Hall–Kier alpha value is -1.46. The Morgan fingerprint density at radius 1 is 1.37 bits per heavy atom. The van der Waals surface area contributed by atoms with E-state index in [-0.39, 0.29) is 6.42 Å². The van der Waals surface area contributed by atoms with Crippen molar-refractivity contribution >= 4 is 11.6 Å². The molecule has 0 aliphatic carbocycles. The minimum absolute atomic E-state index is 0.198. The van der Waals surface area contributed by atoms with Gasteiger partial charge in [0.2, 0.25) is 0 Å². The number of hydrogen-bond donors (Lipinski definition) is 1. The SMILES string of the molecule is Cc1nn(C)c(Cl)c1CC(O)c1ccc(F)c(F)c1. The van der Waals surface area contributed by atoms with Crippen LogP contribution in [-0.2, 0) is 13.5 Å². The van der Waals surface area contributed by atoms with Gasteiger partial charge in [0.25, 0.3) is 0 Å². The molecule has 1 aromatic carbocycles. The molecule has 6 heteroatoms. The second-order valence-corrected chi connectivity index (χ2v) is 4.73. The predicted molar refractivity (Wildman–Crippen MR) is 68.0 cm³/mol. The highest BCUT2D eigenvalue weighted by atomic mass is 35.5. The van der Waals surface area contributed by atoms with Crippen molar-refractivity contribution < 1.29 is 13.9 Å². The zero-order valence-corrected chi connectivity index (χ0v) is 11.2. The van der Waals surface area contributed by atoms with Crippen molar-refractivity contribution in [1.29, 1.82) is 0 Å². The van der Waals surface area contributed by atoms with Crippen LogP contribution in [0.4, 0.5) is 8.78 Å². The molecule has 1 unspecified atom stereocenters. The van der Waals surface area contributed by atoms with E-state index in [1.807, 2.05) is 0 Å². The Kier molecular flexibility index (Phi) is 3.87. The van der Waals surface area contributed by atoms with E-state index in [0.29, 0.717) is 22.0 Å². The molecule has 1 aromatic heterocycles. The standard InChI is InChI=1S/C13H13ClF2N2O/c1-7-9(13(14)18(2)17-7)6-12(19)8-3-4-10(15)11(16)5-8/h3-5,12,19H,6H2,1-2H3. The number of hydrogen-bond acceptors (Lipinski definition) is 2. The third-order valence-electron chi connectivity index (χ3n) is 3.00. The lowest BCUT2D eigenvalue weighted by atomic mass is 10.0. The number of benzene rings is 1. The van der Waals surface area contributed by atoms with Crippen LogP contribution in [0.5, 0.6) is 0 Å². The second-order valence-electron chi connectivity index (χ2n) is 4.37.